The predicted octanol–water partition coefficient (Wildman–Crippen LogP) is 3.50. The molecule has 1 aliphatic rings. The Morgan fingerprint density at radius 2 is 1.86 bits per heavy atom. The van der Waals surface area contributed by atoms with Gasteiger partial charge in [0.1, 0.15) is 11.6 Å². The monoisotopic (exact) mass is 392 g/mol. The molecule has 0 spiro atoms. The lowest BCUT2D eigenvalue weighted by Crippen LogP contribution is -2.52. The zero-order valence-corrected chi connectivity index (χ0v) is 17.6. The summed E-state index contributed by atoms with van der Waals surface area (Å²) >= 11 is 0. The number of carbonyl (C=O) groups excluding carboxylic acids is 1. The molecule has 1 unspecified atom stereocenters. The summed E-state index contributed by atoms with van der Waals surface area (Å²) in [5.41, 5.74) is 3.06. The van der Waals surface area contributed by atoms with Crippen molar-refractivity contribution < 1.29 is 9.53 Å². The van der Waals surface area contributed by atoms with Gasteiger partial charge in [0.2, 0.25) is 0 Å². The summed E-state index contributed by atoms with van der Waals surface area (Å²) in [6, 6.07) is 11.6. The van der Waals surface area contributed by atoms with Crippen LogP contribution in [0.3, 0.4) is 0 Å². The number of aryl methyl sites for hydroxylation is 1. The van der Waals surface area contributed by atoms with E-state index in [9.17, 15) is 4.79 Å². The molecule has 3 rings (SSSR count). The first-order valence-corrected chi connectivity index (χ1v) is 10.1. The number of carbonyl (C=O) groups is 1. The largest absolute Gasteiger partial charge is 0.481 e. The molecule has 6 heteroatoms. The highest BCUT2D eigenvalue weighted by Gasteiger charge is 2.26. The van der Waals surface area contributed by atoms with Crippen LogP contribution < -0.4 is 9.64 Å². The zero-order chi connectivity index (χ0) is 21.0. The van der Waals surface area contributed by atoms with Crippen molar-refractivity contribution in [2.24, 2.45) is 0 Å². The van der Waals surface area contributed by atoms with Crippen LogP contribution in [0.15, 0.2) is 36.5 Å². The molecule has 1 fully saturated rings. The van der Waals surface area contributed by atoms with Crippen LogP contribution in [0.1, 0.15) is 43.4 Å². The van der Waals surface area contributed by atoms with Gasteiger partial charge in [-0.15, -0.1) is 0 Å². The molecule has 152 valence electrons. The molecule has 1 atom stereocenters. The molecule has 29 heavy (non-hydrogen) atoms. The number of hydrogen-bond donors (Lipinski definition) is 0. The smallest absolute Gasteiger partial charge is 0.263 e. The van der Waals surface area contributed by atoms with Gasteiger partial charge >= 0.3 is 0 Å². The molecule has 2 heterocycles. The Morgan fingerprint density at radius 1 is 1.14 bits per heavy atom. The van der Waals surface area contributed by atoms with Crippen molar-refractivity contribution in [3.63, 3.8) is 0 Å². The average Bonchev–Trinajstić information content (AvgIpc) is 2.73. The second-order valence-corrected chi connectivity index (χ2v) is 7.76. The second kappa shape index (κ2) is 8.95. The Labute approximate surface area is 172 Å². The van der Waals surface area contributed by atoms with Gasteiger partial charge in [0.05, 0.1) is 11.6 Å². The van der Waals surface area contributed by atoms with Gasteiger partial charge in [-0.1, -0.05) is 19.9 Å². The van der Waals surface area contributed by atoms with Crippen LogP contribution in [-0.4, -0.2) is 48.1 Å². The number of nitriles is 1. The minimum absolute atomic E-state index is 0.00558. The Bertz CT molecular complexity index is 911. The number of pyridine rings is 1. The van der Waals surface area contributed by atoms with Crippen LogP contribution >= 0.6 is 0 Å². The van der Waals surface area contributed by atoms with E-state index in [4.69, 9.17) is 10.00 Å². The number of rotatable bonds is 5. The van der Waals surface area contributed by atoms with Gasteiger partial charge in [0, 0.05) is 32.4 Å². The molecular weight excluding hydrogens is 364 g/mol. The van der Waals surface area contributed by atoms with E-state index in [1.165, 1.54) is 11.1 Å². The Hall–Kier alpha value is -3.07. The number of hydrogen-bond acceptors (Lipinski definition) is 5. The maximum absolute atomic E-state index is 12.8. The molecule has 6 nitrogen and oxygen atoms in total. The molecule has 1 saturated heterocycles. The van der Waals surface area contributed by atoms with Crippen LogP contribution in [0.25, 0.3) is 0 Å². The summed E-state index contributed by atoms with van der Waals surface area (Å²) < 4.78 is 5.93. The minimum Gasteiger partial charge on any atom is -0.481 e. The van der Waals surface area contributed by atoms with Crippen molar-refractivity contribution in [2.45, 2.75) is 39.7 Å². The number of nitrogens with zero attached hydrogens (tertiary/aromatic N) is 4. The first-order valence-electron chi connectivity index (χ1n) is 10.1. The molecule has 0 bridgehead atoms. The van der Waals surface area contributed by atoms with Gasteiger partial charge in [-0.05, 0) is 55.2 Å². The number of aromatic nitrogens is 1. The lowest BCUT2D eigenvalue weighted by atomic mass is 9.98. The number of amides is 1. The van der Waals surface area contributed by atoms with Gasteiger partial charge in [-0.3, -0.25) is 4.79 Å². The zero-order valence-electron chi connectivity index (χ0n) is 17.6. The topological polar surface area (TPSA) is 69.5 Å². The lowest BCUT2D eigenvalue weighted by Gasteiger charge is -2.36. The molecule has 0 radical (unpaired) electrons. The van der Waals surface area contributed by atoms with Crippen LogP contribution in [-0.2, 0) is 4.79 Å². The molecule has 2 aromatic rings. The van der Waals surface area contributed by atoms with Gasteiger partial charge in [0.15, 0.2) is 6.10 Å². The molecular formula is C23H28N4O2. The van der Waals surface area contributed by atoms with E-state index in [-0.39, 0.29) is 5.91 Å². The standard InChI is InChI=1S/C23H28N4O2/c1-16(2)21-6-5-20(13-17(21)3)29-18(4)23(28)27-11-9-26(10-12-27)22-14-19(15-24)7-8-25-22/h5-8,13-14,16,18H,9-12H2,1-4H3. The van der Waals surface area contributed by atoms with Crippen molar-refractivity contribution in [1.29, 1.82) is 5.26 Å². The number of anilines is 1. The highest BCUT2D eigenvalue weighted by molar-refractivity contribution is 5.81. The third-order valence-corrected chi connectivity index (χ3v) is 5.31. The van der Waals surface area contributed by atoms with Gasteiger partial charge in [-0.25, -0.2) is 4.98 Å². The van der Waals surface area contributed by atoms with Crippen LogP contribution in [0.4, 0.5) is 5.82 Å². The number of piperazine rings is 1. The Kier molecular flexibility index (Phi) is 6.38. The van der Waals surface area contributed by atoms with Crippen molar-refractivity contribution in [1.82, 2.24) is 9.88 Å². The number of ether oxygens (including phenoxy) is 1. The van der Waals surface area contributed by atoms with E-state index >= 15 is 0 Å². The molecule has 0 N–H and O–H groups in total. The molecule has 1 aliphatic heterocycles. The molecule has 0 saturated carbocycles. The fourth-order valence-corrected chi connectivity index (χ4v) is 3.70. The highest BCUT2D eigenvalue weighted by atomic mass is 16.5. The summed E-state index contributed by atoms with van der Waals surface area (Å²) in [7, 11) is 0. The van der Waals surface area contributed by atoms with Crippen molar-refractivity contribution in [3.05, 3.63) is 53.2 Å². The lowest BCUT2D eigenvalue weighted by molar-refractivity contribution is -0.138. The van der Waals surface area contributed by atoms with Gasteiger partial charge in [-0.2, -0.15) is 5.26 Å². The van der Waals surface area contributed by atoms with Crippen LogP contribution in [0.2, 0.25) is 0 Å². The van der Waals surface area contributed by atoms with E-state index in [0.717, 1.165) is 11.6 Å². The average molecular weight is 393 g/mol. The van der Waals surface area contributed by atoms with Crippen molar-refractivity contribution in [2.75, 3.05) is 31.1 Å². The summed E-state index contributed by atoms with van der Waals surface area (Å²) in [4.78, 5) is 21.1. The second-order valence-electron chi connectivity index (χ2n) is 7.76. The fraction of sp³-hybridized carbons (Fsp3) is 0.435. The summed E-state index contributed by atoms with van der Waals surface area (Å²) in [5, 5.41) is 9.05. The van der Waals surface area contributed by atoms with Crippen LogP contribution in [0.5, 0.6) is 5.75 Å². The Morgan fingerprint density at radius 3 is 2.48 bits per heavy atom. The summed E-state index contributed by atoms with van der Waals surface area (Å²) in [6.45, 7) is 10.8. The normalized spacial score (nSPS) is 15.2. The van der Waals surface area contributed by atoms with E-state index in [2.05, 4.69) is 42.8 Å². The van der Waals surface area contributed by atoms with Crippen molar-refractivity contribution in [3.8, 4) is 11.8 Å². The minimum atomic E-state index is -0.536. The van der Waals surface area contributed by atoms with Gasteiger partial charge in [0.25, 0.3) is 5.91 Å². The van der Waals surface area contributed by atoms with E-state index < -0.39 is 6.10 Å². The molecule has 0 aliphatic carbocycles. The molecule has 1 aromatic carbocycles. The summed E-state index contributed by atoms with van der Waals surface area (Å²) in [5.74, 6) is 1.96. The maximum Gasteiger partial charge on any atom is 0.263 e. The SMILES string of the molecule is Cc1cc(OC(C)C(=O)N2CCN(c3cc(C#N)ccn3)CC2)ccc1C(C)C. The third kappa shape index (κ3) is 4.86. The van der Waals surface area contributed by atoms with Crippen molar-refractivity contribution >= 4 is 11.7 Å². The highest BCUT2D eigenvalue weighted by Crippen LogP contribution is 2.24. The first kappa shape index (κ1) is 20.7. The van der Waals surface area contributed by atoms with Crippen LogP contribution in [0, 0.1) is 18.3 Å². The third-order valence-electron chi connectivity index (χ3n) is 5.31. The molecule has 1 amide bonds. The van der Waals surface area contributed by atoms with E-state index in [1.807, 2.05) is 17.0 Å². The van der Waals surface area contributed by atoms with Gasteiger partial charge < -0.3 is 14.5 Å². The Balaban J connectivity index is 1.57. The summed E-state index contributed by atoms with van der Waals surface area (Å²) in [6.07, 6.45) is 1.11. The molecule has 1 aromatic heterocycles. The maximum atomic E-state index is 12.8. The van der Waals surface area contributed by atoms with E-state index in [0.29, 0.717) is 37.7 Å². The van der Waals surface area contributed by atoms with E-state index in [1.54, 1.807) is 25.3 Å². The first-order chi connectivity index (χ1) is 13.9. The number of benzene rings is 1. The fourth-order valence-electron chi connectivity index (χ4n) is 3.70. The predicted molar refractivity (Wildman–Crippen MR) is 113 cm³/mol. The quantitative estimate of drug-likeness (QED) is 0.779.